The predicted octanol–water partition coefficient (Wildman–Crippen LogP) is 4.36. The highest BCUT2D eigenvalue weighted by molar-refractivity contribution is 6.04. The molecule has 1 N–H and O–H groups in total. The maximum Gasteiger partial charge on any atom is 0.257 e. The lowest BCUT2D eigenvalue weighted by molar-refractivity contribution is 0.102. The largest absolute Gasteiger partial charge is 0.305 e. The molecule has 0 unspecified atom stereocenters. The molecule has 2 aromatic carbocycles. The summed E-state index contributed by atoms with van der Waals surface area (Å²) in [5.74, 6) is -6.19. The van der Waals surface area contributed by atoms with Crippen LogP contribution < -0.4 is 5.32 Å². The van der Waals surface area contributed by atoms with E-state index in [2.05, 4.69) is 10.4 Å². The zero-order chi connectivity index (χ0) is 19.7. The molecular weight excluding hydrogens is 362 g/mol. The van der Waals surface area contributed by atoms with E-state index in [0.717, 1.165) is 15.8 Å². The van der Waals surface area contributed by atoms with E-state index in [-0.39, 0.29) is 11.9 Å². The van der Waals surface area contributed by atoms with E-state index in [1.165, 1.54) is 12.3 Å². The van der Waals surface area contributed by atoms with Crippen LogP contribution in [0.3, 0.4) is 0 Å². The first kappa shape index (κ1) is 18.6. The zero-order valence-corrected chi connectivity index (χ0v) is 14.5. The summed E-state index contributed by atoms with van der Waals surface area (Å²) in [6.45, 7) is 3.11. The van der Waals surface area contributed by atoms with Crippen molar-refractivity contribution in [3.05, 3.63) is 82.1 Å². The molecule has 1 heterocycles. The SMILES string of the molecule is Cc1ccc(C)c(C(=O)Nc2ccn(Cc3c(F)c(F)cc(F)c3F)n2)c1. The highest BCUT2D eigenvalue weighted by Crippen LogP contribution is 2.20. The van der Waals surface area contributed by atoms with Crippen LogP contribution in [0.1, 0.15) is 27.0 Å². The number of anilines is 1. The van der Waals surface area contributed by atoms with Gasteiger partial charge >= 0.3 is 0 Å². The Morgan fingerprint density at radius 2 is 1.70 bits per heavy atom. The first-order valence-electron chi connectivity index (χ1n) is 8.00. The van der Waals surface area contributed by atoms with E-state index in [4.69, 9.17) is 0 Å². The maximum atomic E-state index is 13.8. The lowest BCUT2D eigenvalue weighted by Gasteiger charge is -2.08. The minimum Gasteiger partial charge on any atom is -0.305 e. The fourth-order valence-electron chi connectivity index (χ4n) is 2.60. The van der Waals surface area contributed by atoms with E-state index in [1.54, 1.807) is 13.0 Å². The van der Waals surface area contributed by atoms with Gasteiger partial charge in [-0.3, -0.25) is 9.48 Å². The van der Waals surface area contributed by atoms with Gasteiger partial charge in [0.1, 0.15) is 0 Å². The number of aromatic nitrogens is 2. The van der Waals surface area contributed by atoms with Crippen molar-refractivity contribution in [1.29, 1.82) is 0 Å². The lowest BCUT2D eigenvalue weighted by Crippen LogP contribution is -2.15. The monoisotopic (exact) mass is 377 g/mol. The minimum atomic E-state index is -1.49. The van der Waals surface area contributed by atoms with Gasteiger partial charge in [0.25, 0.3) is 5.91 Å². The van der Waals surface area contributed by atoms with E-state index in [0.29, 0.717) is 5.56 Å². The highest BCUT2D eigenvalue weighted by atomic mass is 19.2. The molecule has 0 saturated carbocycles. The third kappa shape index (κ3) is 3.84. The molecule has 0 aliphatic carbocycles. The number of nitrogens with zero attached hydrogens (tertiary/aromatic N) is 2. The van der Waals surface area contributed by atoms with Gasteiger partial charge in [0.15, 0.2) is 29.1 Å². The van der Waals surface area contributed by atoms with Crippen LogP contribution >= 0.6 is 0 Å². The summed E-state index contributed by atoms with van der Waals surface area (Å²) in [5.41, 5.74) is 1.36. The van der Waals surface area contributed by atoms with Gasteiger partial charge in [0.05, 0.1) is 12.1 Å². The zero-order valence-electron chi connectivity index (χ0n) is 14.5. The number of rotatable bonds is 4. The molecule has 8 heteroatoms. The van der Waals surface area contributed by atoms with Crippen LogP contribution in [-0.2, 0) is 6.54 Å². The number of hydrogen-bond acceptors (Lipinski definition) is 2. The Morgan fingerprint density at radius 1 is 1.04 bits per heavy atom. The van der Waals surface area contributed by atoms with Crippen molar-refractivity contribution in [3.8, 4) is 0 Å². The summed E-state index contributed by atoms with van der Waals surface area (Å²) in [6, 6.07) is 6.97. The van der Waals surface area contributed by atoms with Crippen LogP contribution in [0.25, 0.3) is 0 Å². The fraction of sp³-hybridized carbons (Fsp3) is 0.158. The first-order chi connectivity index (χ1) is 12.8. The number of nitrogens with one attached hydrogen (secondary N) is 1. The topological polar surface area (TPSA) is 46.9 Å². The summed E-state index contributed by atoms with van der Waals surface area (Å²) < 4.78 is 55.2. The van der Waals surface area contributed by atoms with Gasteiger partial charge in [-0.2, -0.15) is 5.10 Å². The number of aryl methyl sites for hydroxylation is 2. The van der Waals surface area contributed by atoms with E-state index < -0.39 is 41.3 Å². The molecule has 3 rings (SSSR count). The van der Waals surface area contributed by atoms with Crippen molar-refractivity contribution in [2.75, 3.05) is 5.32 Å². The second-order valence-corrected chi connectivity index (χ2v) is 6.12. The van der Waals surface area contributed by atoms with Crippen LogP contribution in [0, 0.1) is 37.1 Å². The summed E-state index contributed by atoms with van der Waals surface area (Å²) in [4.78, 5) is 12.4. The summed E-state index contributed by atoms with van der Waals surface area (Å²) in [7, 11) is 0. The Hall–Kier alpha value is -3.16. The maximum absolute atomic E-state index is 13.8. The second-order valence-electron chi connectivity index (χ2n) is 6.12. The third-order valence-electron chi connectivity index (χ3n) is 4.04. The van der Waals surface area contributed by atoms with Crippen LogP contribution in [0.5, 0.6) is 0 Å². The van der Waals surface area contributed by atoms with Crippen LogP contribution in [0.2, 0.25) is 0 Å². The molecule has 0 bridgehead atoms. The molecule has 4 nitrogen and oxygen atoms in total. The van der Waals surface area contributed by atoms with Crippen LogP contribution in [-0.4, -0.2) is 15.7 Å². The standard InChI is InChI=1S/C19H15F4N3O/c1-10-3-4-11(2)12(7-10)19(27)24-16-5-6-26(25-16)9-13-17(22)14(20)8-15(21)18(13)23/h3-8H,9H2,1-2H3,(H,24,25,27). The van der Waals surface area contributed by atoms with Gasteiger partial charge < -0.3 is 5.32 Å². The van der Waals surface area contributed by atoms with Crippen molar-refractivity contribution in [2.24, 2.45) is 0 Å². The van der Waals surface area contributed by atoms with Crippen LogP contribution in [0.4, 0.5) is 23.4 Å². The van der Waals surface area contributed by atoms with E-state index in [1.807, 2.05) is 19.1 Å². The van der Waals surface area contributed by atoms with E-state index in [9.17, 15) is 22.4 Å². The minimum absolute atomic E-state index is 0.138. The number of benzene rings is 2. The summed E-state index contributed by atoms with van der Waals surface area (Å²) >= 11 is 0. The average Bonchev–Trinajstić information content (AvgIpc) is 3.06. The molecule has 0 spiro atoms. The third-order valence-corrected chi connectivity index (χ3v) is 4.04. The molecule has 27 heavy (non-hydrogen) atoms. The predicted molar refractivity (Wildman–Crippen MR) is 91.5 cm³/mol. The Morgan fingerprint density at radius 3 is 2.37 bits per heavy atom. The molecule has 0 atom stereocenters. The van der Waals surface area contributed by atoms with Crippen molar-refractivity contribution in [1.82, 2.24) is 9.78 Å². The van der Waals surface area contributed by atoms with Gasteiger partial charge in [-0.25, -0.2) is 17.6 Å². The first-order valence-corrected chi connectivity index (χ1v) is 8.00. The van der Waals surface area contributed by atoms with Gasteiger partial charge in [-0.1, -0.05) is 17.7 Å². The van der Waals surface area contributed by atoms with Crippen molar-refractivity contribution < 1.29 is 22.4 Å². The van der Waals surface area contributed by atoms with Gasteiger partial charge in [0, 0.05) is 23.9 Å². The lowest BCUT2D eigenvalue weighted by atomic mass is 10.1. The average molecular weight is 377 g/mol. The Kier molecular flexibility index (Phi) is 4.98. The highest BCUT2D eigenvalue weighted by Gasteiger charge is 2.20. The van der Waals surface area contributed by atoms with Gasteiger partial charge in [-0.15, -0.1) is 0 Å². The molecule has 0 fully saturated rings. The molecule has 1 amide bonds. The van der Waals surface area contributed by atoms with Crippen molar-refractivity contribution >= 4 is 11.7 Å². The number of carbonyl (C=O) groups is 1. The smallest absolute Gasteiger partial charge is 0.257 e. The van der Waals surface area contributed by atoms with Crippen molar-refractivity contribution in [2.45, 2.75) is 20.4 Å². The van der Waals surface area contributed by atoms with Gasteiger partial charge in [0.2, 0.25) is 0 Å². The second kappa shape index (κ2) is 7.22. The van der Waals surface area contributed by atoms with Crippen molar-refractivity contribution in [3.63, 3.8) is 0 Å². The summed E-state index contributed by atoms with van der Waals surface area (Å²) in [6.07, 6.45) is 1.33. The molecule has 3 aromatic rings. The molecular formula is C19H15F4N3O. The van der Waals surface area contributed by atoms with Gasteiger partial charge in [-0.05, 0) is 25.5 Å². The Balaban J connectivity index is 1.80. The van der Waals surface area contributed by atoms with E-state index >= 15 is 0 Å². The molecule has 0 radical (unpaired) electrons. The number of halogens is 4. The number of hydrogen-bond donors (Lipinski definition) is 1. The molecule has 1 aromatic heterocycles. The molecule has 0 aliphatic rings. The fourth-order valence-corrected chi connectivity index (χ4v) is 2.60. The normalized spacial score (nSPS) is 10.9. The molecule has 0 aliphatic heterocycles. The quantitative estimate of drug-likeness (QED) is 0.543. The Bertz CT molecular complexity index is 1000. The number of carbonyl (C=O) groups excluding carboxylic acids is 1. The Labute approximate surface area is 152 Å². The molecule has 140 valence electrons. The summed E-state index contributed by atoms with van der Waals surface area (Å²) in [5, 5.41) is 6.55. The van der Waals surface area contributed by atoms with Crippen LogP contribution in [0.15, 0.2) is 36.5 Å². The molecule has 0 saturated heterocycles. The number of amides is 1.